The average molecular weight is 396 g/mol. The van der Waals surface area contributed by atoms with Crippen molar-refractivity contribution < 1.29 is 9.59 Å². The molecular weight excluding hydrogens is 370 g/mol. The molecular formula is C22H25N3O2S. The maximum Gasteiger partial charge on any atom is 0.223 e. The first-order chi connectivity index (χ1) is 13.5. The van der Waals surface area contributed by atoms with Gasteiger partial charge in [0.2, 0.25) is 11.8 Å². The van der Waals surface area contributed by atoms with Gasteiger partial charge in [0.25, 0.3) is 0 Å². The third-order valence-corrected chi connectivity index (χ3v) is 5.43. The van der Waals surface area contributed by atoms with E-state index in [2.05, 4.69) is 27.8 Å². The van der Waals surface area contributed by atoms with Crippen molar-refractivity contribution in [2.45, 2.75) is 45.6 Å². The standard InChI is InChI=1S/C22H25N3O2S/c1-15(8-9-17-6-4-3-5-7-17)23-21(27)13-11-18-10-12-19-20(14-18)28-22(25-19)24-16(2)26/h3-7,10,12,14-15H,8-9,11,13H2,1-2H3,(H,23,27)(H,24,25,26)/t15-/m0/s1. The molecule has 0 saturated carbocycles. The minimum Gasteiger partial charge on any atom is -0.354 e. The van der Waals surface area contributed by atoms with Crippen LogP contribution in [0.25, 0.3) is 10.2 Å². The number of aryl methyl sites for hydroxylation is 2. The molecule has 0 fully saturated rings. The first-order valence-corrected chi connectivity index (χ1v) is 10.3. The van der Waals surface area contributed by atoms with Gasteiger partial charge in [0, 0.05) is 19.4 Å². The van der Waals surface area contributed by atoms with Gasteiger partial charge < -0.3 is 10.6 Å². The first kappa shape index (κ1) is 20.0. The number of nitrogens with zero attached hydrogens (tertiary/aromatic N) is 1. The monoisotopic (exact) mass is 395 g/mol. The number of anilines is 1. The fourth-order valence-electron chi connectivity index (χ4n) is 3.03. The zero-order valence-electron chi connectivity index (χ0n) is 16.2. The Morgan fingerprint density at radius 3 is 2.61 bits per heavy atom. The lowest BCUT2D eigenvalue weighted by Crippen LogP contribution is -2.33. The number of rotatable bonds is 8. The van der Waals surface area contributed by atoms with Crippen LogP contribution in [0.3, 0.4) is 0 Å². The Morgan fingerprint density at radius 2 is 1.86 bits per heavy atom. The van der Waals surface area contributed by atoms with Gasteiger partial charge in [-0.05, 0) is 49.4 Å². The highest BCUT2D eigenvalue weighted by atomic mass is 32.1. The van der Waals surface area contributed by atoms with Crippen LogP contribution in [0.1, 0.15) is 37.8 Å². The molecule has 0 aliphatic carbocycles. The second-order valence-electron chi connectivity index (χ2n) is 7.00. The van der Waals surface area contributed by atoms with Crippen molar-refractivity contribution in [3.63, 3.8) is 0 Å². The minimum absolute atomic E-state index is 0.0731. The molecule has 0 saturated heterocycles. The molecule has 146 valence electrons. The average Bonchev–Trinajstić information content (AvgIpc) is 3.06. The number of nitrogens with one attached hydrogen (secondary N) is 2. The fraction of sp³-hybridized carbons (Fsp3) is 0.318. The van der Waals surface area contributed by atoms with E-state index in [-0.39, 0.29) is 17.9 Å². The predicted molar refractivity (Wildman–Crippen MR) is 115 cm³/mol. The van der Waals surface area contributed by atoms with Crippen LogP contribution >= 0.6 is 11.3 Å². The van der Waals surface area contributed by atoms with Gasteiger partial charge in [-0.3, -0.25) is 9.59 Å². The van der Waals surface area contributed by atoms with E-state index < -0.39 is 0 Å². The summed E-state index contributed by atoms with van der Waals surface area (Å²) in [6.07, 6.45) is 3.02. The van der Waals surface area contributed by atoms with E-state index in [0.29, 0.717) is 18.0 Å². The third kappa shape index (κ3) is 5.89. The molecule has 6 heteroatoms. The van der Waals surface area contributed by atoms with Gasteiger partial charge in [0.05, 0.1) is 10.2 Å². The second kappa shape index (κ2) is 9.46. The quantitative estimate of drug-likeness (QED) is 0.596. The molecule has 1 aromatic heterocycles. The van der Waals surface area contributed by atoms with Crippen molar-refractivity contribution in [1.29, 1.82) is 0 Å². The molecule has 1 heterocycles. The second-order valence-corrected chi connectivity index (χ2v) is 8.03. The lowest BCUT2D eigenvalue weighted by Gasteiger charge is -2.14. The van der Waals surface area contributed by atoms with Crippen LogP contribution in [0.2, 0.25) is 0 Å². The maximum atomic E-state index is 12.3. The number of hydrogen-bond acceptors (Lipinski definition) is 4. The number of thiazole rings is 1. The number of hydrogen-bond donors (Lipinski definition) is 2. The summed E-state index contributed by atoms with van der Waals surface area (Å²) in [5.41, 5.74) is 3.24. The highest BCUT2D eigenvalue weighted by molar-refractivity contribution is 7.22. The Kier molecular flexibility index (Phi) is 6.76. The number of amides is 2. The minimum atomic E-state index is -0.127. The highest BCUT2D eigenvalue weighted by Gasteiger charge is 2.10. The van der Waals surface area contributed by atoms with Gasteiger partial charge in [0.1, 0.15) is 0 Å². The number of carbonyl (C=O) groups is 2. The maximum absolute atomic E-state index is 12.3. The Balaban J connectivity index is 1.47. The van der Waals surface area contributed by atoms with E-state index in [4.69, 9.17) is 0 Å². The third-order valence-electron chi connectivity index (χ3n) is 4.49. The smallest absolute Gasteiger partial charge is 0.223 e. The highest BCUT2D eigenvalue weighted by Crippen LogP contribution is 2.27. The van der Waals surface area contributed by atoms with Crippen LogP contribution in [-0.4, -0.2) is 22.8 Å². The van der Waals surface area contributed by atoms with Crippen molar-refractivity contribution >= 4 is 38.5 Å². The summed E-state index contributed by atoms with van der Waals surface area (Å²) in [5.74, 6) is -0.0544. The van der Waals surface area contributed by atoms with Crippen molar-refractivity contribution in [2.24, 2.45) is 0 Å². The number of benzene rings is 2. The number of fused-ring (bicyclic) bond motifs is 1. The molecule has 2 amide bonds. The molecule has 28 heavy (non-hydrogen) atoms. The van der Waals surface area contributed by atoms with Crippen LogP contribution in [0.15, 0.2) is 48.5 Å². The Bertz CT molecular complexity index is 953. The van der Waals surface area contributed by atoms with Crippen LogP contribution in [0, 0.1) is 0 Å². The molecule has 0 radical (unpaired) electrons. The summed E-state index contributed by atoms with van der Waals surface area (Å²) in [6, 6.07) is 16.4. The van der Waals surface area contributed by atoms with E-state index >= 15 is 0 Å². The molecule has 3 rings (SSSR count). The summed E-state index contributed by atoms with van der Waals surface area (Å²) in [4.78, 5) is 27.8. The molecule has 2 N–H and O–H groups in total. The van der Waals surface area contributed by atoms with Crippen molar-refractivity contribution in [3.8, 4) is 0 Å². The summed E-state index contributed by atoms with van der Waals surface area (Å²) in [7, 11) is 0. The largest absolute Gasteiger partial charge is 0.354 e. The van der Waals surface area contributed by atoms with Crippen LogP contribution in [0.5, 0.6) is 0 Å². The van der Waals surface area contributed by atoms with Gasteiger partial charge in [-0.1, -0.05) is 47.7 Å². The zero-order valence-corrected chi connectivity index (χ0v) is 17.0. The Hall–Kier alpha value is -2.73. The molecule has 0 spiro atoms. The van der Waals surface area contributed by atoms with Crippen molar-refractivity contribution in [2.75, 3.05) is 5.32 Å². The van der Waals surface area contributed by atoms with E-state index in [0.717, 1.165) is 28.6 Å². The van der Waals surface area contributed by atoms with Gasteiger partial charge in [-0.15, -0.1) is 0 Å². The van der Waals surface area contributed by atoms with Gasteiger partial charge >= 0.3 is 0 Å². The van der Waals surface area contributed by atoms with Crippen LogP contribution in [-0.2, 0) is 22.4 Å². The Labute approximate surface area is 169 Å². The number of carbonyl (C=O) groups excluding carboxylic acids is 2. The molecule has 5 nitrogen and oxygen atoms in total. The zero-order chi connectivity index (χ0) is 19.9. The van der Waals surface area contributed by atoms with Gasteiger partial charge in [0.15, 0.2) is 5.13 Å². The lowest BCUT2D eigenvalue weighted by molar-refractivity contribution is -0.121. The SMILES string of the molecule is CC(=O)Nc1nc2ccc(CCC(=O)N[C@@H](C)CCc3ccccc3)cc2s1. The predicted octanol–water partition coefficient (Wildman–Crippen LogP) is 4.32. The normalized spacial score (nSPS) is 11.9. The van der Waals surface area contributed by atoms with E-state index in [1.165, 1.54) is 23.8 Å². The lowest BCUT2D eigenvalue weighted by atomic mass is 10.1. The fourth-order valence-corrected chi connectivity index (χ4v) is 4.01. The summed E-state index contributed by atoms with van der Waals surface area (Å²) < 4.78 is 1.01. The summed E-state index contributed by atoms with van der Waals surface area (Å²) in [5, 5.41) is 6.40. The van der Waals surface area contributed by atoms with Crippen molar-refractivity contribution in [3.05, 3.63) is 59.7 Å². The molecule has 0 aliphatic heterocycles. The molecule has 1 atom stereocenters. The van der Waals surface area contributed by atoms with Crippen LogP contribution < -0.4 is 10.6 Å². The van der Waals surface area contributed by atoms with E-state index in [1.54, 1.807) is 0 Å². The van der Waals surface area contributed by atoms with Crippen LogP contribution in [0.4, 0.5) is 5.13 Å². The van der Waals surface area contributed by atoms with E-state index in [1.807, 2.05) is 43.3 Å². The summed E-state index contributed by atoms with van der Waals surface area (Å²) >= 11 is 1.45. The Morgan fingerprint density at radius 1 is 1.07 bits per heavy atom. The molecule has 3 aromatic rings. The van der Waals surface area contributed by atoms with Crippen molar-refractivity contribution in [1.82, 2.24) is 10.3 Å². The topological polar surface area (TPSA) is 71.1 Å². The van der Waals surface area contributed by atoms with E-state index in [9.17, 15) is 9.59 Å². The first-order valence-electron chi connectivity index (χ1n) is 9.50. The molecule has 0 unspecified atom stereocenters. The molecule has 0 aliphatic rings. The molecule has 2 aromatic carbocycles. The van der Waals surface area contributed by atoms with Gasteiger partial charge in [-0.25, -0.2) is 4.98 Å². The number of aromatic nitrogens is 1. The van der Waals surface area contributed by atoms with Gasteiger partial charge in [-0.2, -0.15) is 0 Å². The summed E-state index contributed by atoms with van der Waals surface area (Å²) in [6.45, 7) is 3.52. The molecule has 0 bridgehead atoms.